The van der Waals surface area contributed by atoms with Gasteiger partial charge in [0.1, 0.15) is 17.0 Å². The number of aromatic nitrogens is 2. The zero-order valence-corrected chi connectivity index (χ0v) is 16.7. The molecule has 7 nitrogen and oxygen atoms in total. The first-order chi connectivity index (χ1) is 13.2. The molecule has 1 amide bonds. The van der Waals surface area contributed by atoms with Crippen LogP contribution in [0.25, 0.3) is 10.2 Å². The number of hydrogen-bond donors (Lipinski definition) is 1. The van der Waals surface area contributed by atoms with E-state index in [1.807, 2.05) is 0 Å². The Hall–Kier alpha value is -1.77. The number of carbonyl (C=O) groups excluding carboxylic acids is 1. The lowest BCUT2D eigenvalue weighted by Gasteiger charge is -2.36. The second-order valence-electron chi connectivity index (χ2n) is 7.38. The summed E-state index contributed by atoms with van der Waals surface area (Å²) >= 11 is 1.65. The minimum Gasteiger partial charge on any atom is -0.353 e. The Morgan fingerprint density at radius 1 is 1.15 bits per heavy atom. The first-order valence-corrected chi connectivity index (χ1v) is 10.8. The largest absolute Gasteiger partial charge is 0.353 e. The maximum absolute atomic E-state index is 12.4. The second kappa shape index (κ2) is 8.50. The highest BCUT2D eigenvalue weighted by Gasteiger charge is 2.24. The van der Waals surface area contributed by atoms with E-state index in [2.05, 4.69) is 48.4 Å². The van der Waals surface area contributed by atoms with E-state index >= 15 is 0 Å². The molecule has 0 bridgehead atoms. The third-order valence-electron chi connectivity index (χ3n) is 5.68. The van der Waals surface area contributed by atoms with E-state index in [-0.39, 0.29) is 5.91 Å². The average Bonchev–Trinajstić information content (AvgIpc) is 3.18. The molecule has 2 aromatic rings. The lowest BCUT2D eigenvalue weighted by atomic mass is 10.1. The molecule has 0 radical (unpaired) electrons. The molecule has 2 fully saturated rings. The van der Waals surface area contributed by atoms with Gasteiger partial charge in [-0.3, -0.25) is 9.69 Å². The quantitative estimate of drug-likeness (QED) is 0.836. The minimum absolute atomic E-state index is 0.167. The molecule has 2 aromatic heterocycles. The first-order valence-electron chi connectivity index (χ1n) is 9.90. The Morgan fingerprint density at radius 3 is 2.67 bits per heavy atom. The molecule has 1 N–H and O–H groups in total. The molecule has 27 heavy (non-hydrogen) atoms. The Labute approximate surface area is 164 Å². The van der Waals surface area contributed by atoms with E-state index < -0.39 is 0 Å². The highest BCUT2D eigenvalue weighted by Crippen LogP contribution is 2.27. The van der Waals surface area contributed by atoms with Crippen LogP contribution in [0.2, 0.25) is 0 Å². The fourth-order valence-electron chi connectivity index (χ4n) is 4.02. The monoisotopic (exact) mass is 388 g/mol. The van der Waals surface area contributed by atoms with Gasteiger partial charge in [-0.05, 0) is 30.8 Å². The summed E-state index contributed by atoms with van der Waals surface area (Å²) in [5, 5.41) is 6.43. The van der Waals surface area contributed by atoms with Gasteiger partial charge in [0.2, 0.25) is 5.91 Å². The van der Waals surface area contributed by atoms with Crippen LogP contribution < -0.4 is 10.2 Å². The van der Waals surface area contributed by atoms with E-state index in [1.165, 1.54) is 0 Å². The van der Waals surface area contributed by atoms with Crippen LogP contribution in [0.4, 0.5) is 5.82 Å². The lowest BCUT2D eigenvalue weighted by molar-refractivity contribution is -0.123. The van der Waals surface area contributed by atoms with Crippen LogP contribution in [0.3, 0.4) is 0 Å². The van der Waals surface area contributed by atoms with Gasteiger partial charge in [-0.1, -0.05) is 6.92 Å². The predicted octanol–water partition coefficient (Wildman–Crippen LogP) is 1.41. The van der Waals surface area contributed by atoms with Gasteiger partial charge in [-0.15, -0.1) is 11.3 Å². The summed E-state index contributed by atoms with van der Waals surface area (Å²) in [5.74, 6) is 1.19. The van der Waals surface area contributed by atoms with E-state index in [0.717, 1.165) is 74.7 Å². The van der Waals surface area contributed by atoms with E-state index in [0.29, 0.717) is 12.6 Å². The molecule has 0 atom stereocenters. The number of nitrogens with one attached hydrogen (secondary N) is 1. The van der Waals surface area contributed by atoms with Gasteiger partial charge in [0.05, 0.1) is 11.9 Å². The van der Waals surface area contributed by atoms with Crippen LogP contribution in [0.1, 0.15) is 19.8 Å². The number of piperazine rings is 1. The molecule has 2 aliphatic heterocycles. The maximum Gasteiger partial charge on any atom is 0.234 e. The van der Waals surface area contributed by atoms with Crippen LogP contribution in [0.15, 0.2) is 17.8 Å². The standard InChI is InChI=1S/C19H28N6OS/c1-2-23-6-3-15(4-7-23)22-17(26)13-24-8-10-25(11-9-24)18-16-5-12-27-19(16)21-14-20-18/h5,12,14-15H,2-4,6-11,13H2,1H3,(H,22,26). The molecule has 0 aliphatic carbocycles. The summed E-state index contributed by atoms with van der Waals surface area (Å²) in [6.07, 6.45) is 3.78. The fraction of sp³-hybridized carbons (Fsp3) is 0.632. The SMILES string of the molecule is CCN1CCC(NC(=O)CN2CCN(c3ncnc4sccc34)CC2)CC1. The second-order valence-corrected chi connectivity index (χ2v) is 8.27. The number of likely N-dealkylation sites (tertiary alicyclic amines) is 1. The predicted molar refractivity (Wildman–Crippen MR) is 109 cm³/mol. The van der Waals surface area contributed by atoms with Crippen LogP contribution in [0, 0.1) is 0 Å². The van der Waals surface area contributed by atoms with Crippen molar-refractivity contribution in [3.05, 3.63) is 17.8 Å². The van der Waals surface area contributed by atoms with Crippen molar-refractivity contribution in [2.45, 2.75) is 25.8 Å². The Kier molecular flexibility index (Phi) is 5.85. The first kappa shape index (κ1) is 18.6. The molecule has 2 aliphatic rings. The van der Waals surface area contributed by atoms with Crippen molar-refractivity contribution < 1.29 is 4.79 Å². The molecule has 0 aromatic carbocycles. The van der Waals surface area contributed by atoms with Crippen LogP contribution in [0.5, 0.6) is 0 Å². The molecule has 0 saturated carbocycles. The summed E-state index contributed by atoms with van der Waals surface area (Å²) < 4.78 is 0. The number of rotatable bonds is 5. The summed E-state index contributed by atoms with van der Waals surface area (Å²) in [4.78, 5) is 29.3. The number of fused-ring (bicyclic) bond motifs is 1. The lowest BCUT2D eigenvalue weighted by Crippen LogP contribution is -2.52. The third kappa shape index (κ3) is 4.39. The summed E-state index contributed by atoms with van der Waals surface area (Å²) in [6.45, 7) is 9.55. The highest BCUT2D eigenvalue weighted by molar-refractivity contribution is 7.16. The maximum atomic E-state index is 12.4. The van der Waals surface area contributed by atoms with Crippen molar-refractivity contribution in [2.75, 3.05) is 57.3 Å². The van der Waals surface area contributed by atoms with Crippen molar-refractivity contribution in [1.29, 1.82) is 0 Å². The molecule has 8 heteroatoms. The van der Waals surface area contributed by atoms with Gasteiger partial charge in [0.15, 0.2) is 0 Å². The number of piperidine rings is 1. The van der Waals surface area contributed by atoms with Crippen molar-refractivity contribution in [1.82, 2.24) is 25.1 Å². The fourth-order valence-corrected chi connectivity index (χ4v) is 4.74. The molecular formula is C19H28N6OS. The highest BCUT2D eigenvalue weighted by atomic mass is 32.1. The van der Waals surface area contributed by atoms with E-state index in [9.17, 15) is 4.79 Å². The molecule has 0 spiro atoms. The summed E-state index contributed by atoms with van der Waals surface area (Å²) in [7, 11) is 0. The summed E-state index contributed by atoms with van der Waals surface area (Å²) in [5.41, 5.74) is 0. The number of thiophene rings is 1. The van der Waals surface area contributed by atoms with Gasteiger partial charge in [0, 0.05) is 45.3 Å². The normalized spacial score (nSPS) is 20.3. The Morgan fingerprint density at radius 2 is 1.93 bits per heavy atom. The number of amides is 1. The van der Waals surface area contributed by atoms with Gasteiger partial charge >= 0.3 is 0 Å². The van der Waals surface area contributed by atoms with E-state index in [4.69, 9.17) is 0 Å². The molecule has 0 unspecified atom stereocenters. The number of carbonyl (C=O) groups is 1. The zero-order chi connectivity index (χ0) is 18.6. The smallest absolute Gasteiger partial charge is 0.234 e. The van der Waals surface area contributed by atoms with Gasteiger partial charge < -0.3 is 15.1 Å². The molecular weight excluding hydrogens is 360 g/mol. The number of anilines is 1. The Balaban J connectivity index is 1.25. The molecule has 2 saturated heterocycles. The van der Waals surface area contributed by atoms with Crippen LogP contribution in [-0.4, -0.2) is 84.1 Å². The molecule has 4 rings (SSSR count). The number of hydrogen-bond acceptors (Lipinski definition) is 7. The summed E-state index contributed by atoms with van der Waals surface area (Å²) in [6, 6.07) is 2.44. The van der Waals surface area contributed by atoms with Crippen molar-refractivity contribution in [3.8, 4) is 0 Å². The van der Waals surface area contributed by atoms with Crippen molar-refractivity contribution in [2.24, 2.45) is 0 Å². The van der Waals surface area contributed by atoms with Crippen LogP contribution >= 0.6 is 11.3 Å². The van der Waals surface area contributed by atoms with Crippen molar-refractivity contribution >= 4 is 33.3 Å². The third-order valence-corrected chi connectivity index (χ3v) is 6.50. The van der Waals surface area contributed by atoms with Gasteiger partial charge in [-0.2, -0.15) is 0 Å². The topological polar surface area (TPSA) is 64.6 Å². The van der Waals surface area contributed by atoms with Gasteiger partial charge in [-0.25, -0.2) is 9.97 Å². The molecule has 146 valence electrons. The van der Waals surface area contributed by atoms with Gasteiger partial charge in [0.25, 0.3) is 0 Å². The molecule has 4 heterocycles. The minimum atomic E-state index is 0.167. The zero-order valence-electron chi connectivity index (χ0n) is 15.9. The number of nitrogens with zero attached hydrogens (tertiary/aromatic N) is 5. The Bertz CT molecular complexity index is 764. The van der Waals surface area contributed by atoms with Crippen LogP contribution in [-0.2, 0) is 4.79 Å². The average molecular weight is 389 g/mol. The van der Waals surface area contributed by atoms with E-state index in [1.54, 1.807) is 17.7 Å². The van der Waals surface area contributed by atoms with Crippen molar-refractivity contribution in [3.63, 3.8) is 0 Å².